The second-order valence-electron chi connectivity index (χ2n) is 4.39. The number of hydrogen-bond acceptors (Lipinski definition) is 3. The summed E-state index contributed by atoms with van der Waals surface area (Å²) >= 11 is 0. The maximum Gasteiger partial charge on any atom is 0.0549 e. The van der Waals surface area contributed by atoms with E-state index in [-0.39, 0.29) is 0 Å². The van der Waals surface area contributed by atoms with Crippen molar-refractivity contribution in [2.75, 3.05) is 33.9 Å². The van der Waals surface area contributed by atoms with Crippen LogP contribution < -0.4 is 5.32 Å². The molecule has 0 bridgehead atoms. The van der Waals surface area contributed by atoms with Crippen molar-refractivity contribution in [1.29, 1.82) is 0 Å². The van der Waals surface area contributed by atoms with Crippen LogP contribution in [0.25, 0.3) is 0 Å². The zero-order valence-electron chi connectivity index (χ0n) is 9.64. The summed E-state index contributed by atoms with van der Waals surface area (Å²) in [4.78, 5) is 0. The molecule has 0 radical (unpaired) electrons. The first-order valence-electron chi connectivity index (χ1n) is 5.47. The molecule has 14 heavy (non-hydrogen) atoms. The number of ether oxygens (including phenoxy) is 2. The first-order valence-corrected chi connectivity index (χ1v) is 5.47. The van der Waals surface area contributed by atoms with Crippen LogP contribution in [0.5, 0.6) is 0 Å². The van der Waals surface area contributed by atoms with Crippen molar-refractivity contribution in [1.82, 2.24) is 5.32 Å². The van der Waals surface area contributed by atoms with Crippen molar-refractivity contribution < 1.29 is 9.47 Å². The van der Waals surface area contributed by atoms with E-state index in [9.17, 15) is 0 Å². The summed E-state index contributed by atoms with van der Waals surface area (Å²) in [5.41, 5.74) is 0.391. The van der Waals surface area contributed by atoms with Crippen LogP contribution in [0.2, 0.25) is 0 Å². The van der Waals surface area contributed by atoms with E-state index in [4.69, 9.17) is 9.47 Å². The maximum absolute atomic E-state index is 5.42. The molecule has 1 fully saturated rings. The van der Waals surface area contributed by atoms with Crippen molar-refractivity contribution in [2.24, 2.45) is 5.41 Å². The van der Waals surface area contributed by atoms with Gasteiger partial charge in [0.1, 0.15) is 0 Å². The Morgan fingerprint density at radius 2 is 2.07 bits per heavy atom. The molecule has 0 aromatic heterocycles. The van der Waals surface area contributed by atoms with E-state index < -0.39 is 0 Å². The molecule has 1 aliphatic rings. The Morgan fingerprint density at radius 3 is 2.57 bits per heavy atom. The van der Waals surface area contributed by atoms with Gasteiger partial charge in [0.25, 0.3) is 0 Å². The molecule has 0 aromatic rings. The zero-order valence-corrected chi connectivity index (χ0v) is 9.64. The van der Waals surface area contributed by atoms with Crippen molar-refractivity contribution in [3.8, 4) is 0 Å². The summed E-state index contributed by atoms with van der Waals surface area (Å²) in [5, 5.41) is 3.30. The fourth-order valence-corrected chi connectivity index (χ4v) is 2.33. The molecule has 1 heterocycles. The number of methoxy groups -OCH3 is 1. The molecular formula is C11H23NO2. The third-order valence-electron chi connectivity index (χ3n) is 3.23. The lowest BCUT2D eigenvalue weighted by molar-refractivity contribution is -0.0179. The van der Waals surface area contributed by atoms with E-state index in [2.05, 4.69) is 12.2 Å². The van der Waals surface area contributed by atoms with Gasteiger partial charge in [-0.3, -0.25) is 0 Å². The van der Waals surface area contributed by atoms with Gasteiger partial charge in [0.15, 0.2) is 0 Å². The second kappa shape index (κ2) is 5.69. The minimum atomic E-state index is 0.349. The highest BCUT2D eigenvalue weighted by atomic mass is 16.5. The number of rotatable bonds is 5. The van der Waals surface area contributed by atoms with Crippen LogP contribution in [0.15, 0.2) is 0 Å². The molecule has 1 atom stereocenters. The monoisotopic (exact) mass is 201 g/mol. The van der Waals surface area contributed by atoms with Gasteiger partial charge < -0.3 is 14.8 Å². The van der Waals surface area contributed by atoms with Crippen LogP contribution in [0.3, 0.4) is 0 Å². The highest BCUT2D eigenvalue weighted by molar-refractivity contribution is 4.85. The summed E-state index contributed by atoms with van der Waals surface area (Å²) in [6.45, 7) is 5.02. The molecular weight excluding hydrogens is 178 g/mol. The maximum atomic E-state index is 5.42. The van der Waals surface area contributed by atoms with Gasteiger partial charge in [-0.25, -0.2) is 0 Å². The first-order chi connectivity index (χ1) is 6.72. The number of hydrogen-bond donors (Lipinski definition) is 1. The zero-order chi connectivity index (χ0) is 10.4. The summed E-state index contributed by atoms with van der Waals surface area (Å²) in [6.07, 6.45) is 3.79. The largest absolute Gasteiger partial charge is 0.382 e. The highest BCUT2D eigenvalue weighted by Gasteiger charge is 2.33. The van der Waals surface area contributed by atoms with Gasteiger partial charge in [0.05, 0.1) is 6.10 Å². The Hall–Kier alpha value is -0.120. The van der Waals surface area contributed by atoms with Crippen LogP contribution in [-0.2, 0) is 9.47 Å². The second-order valence-corrected chi connectivity index (χ2v) is 4.39. The van der Waals surface area contributed by atoms with Gasteiger partial charge in [-0.1, -0.05) is 0 Å². The van der Waals surface area contributed by atoms with Crippen LogP contribution in [-0.4, -0.2) is 40.0 Å². The van der Waals surface area contributed by atoms with Gasteiger partial charge in [-0.2, -0.15) is 0 Å². The van der Waals surface area contributed by atoms with Gasteiger partial charge >= 0.3 is 0 Å². The normalized spacial score (nSPS) is 23.4. The average Bonchev–Trinajstić information content (AvgIpc) is 2.19. The minimum Gasteiger partial charge on any atom is -0.382 e. The van der Waals surface area contributed by atoms with E-state index in [0.29, 0.717) is 11.5 Å². The third kappa shape index (κ3) is 3.23. The molecule has 0 saturated carbocycles. The van der Waals surface area contributed by atoms with E-state index in [1.807, 2.05) is 7.05 Å². The van der Waals surface area contributed by atoms with E-state index in [1.54, 1.807) is 7.11 Å². The molecule has 1 unspecified atom stereocenters. The van der Waals surface area contributed by atoms with Crippen molar-refractivity contribution in [3.05, 3.63) is 0 Å². The van der Waals surface area contributed by atoms with E-state index in [1.165, 1.54) is 0 Å². The smallest absolute Gasteiger partial charge is 0.0549 e. The Morgan fingerprint density at radius 1 is 1.43 bits per heavy atom. The molecule has 1 N–H and O–H groups in total. The van der Waals surface area contributed by atoms with Gasteiger partial charge in [0, 0.05) is 26.9 Å². The fraction of sp³-hybridized carbons (Fsp3) is 1.00. The third-order valence-corrected chi connectivity index (χ3v) is 3.23. The molecule has 3 nitrogen and oxygen atoms in total. The minimum absolute atomic E-state index is 0.349. The Bertz CT molecular complexity index is 150. The fourth-order valence-electron chi connectivity index (χ4n) is 2.33. The molecule has 0 aliphatic carbocycles. The predicted molar refractivity (Wildman–Crippen MR) is 57.5 cm³/mol. The Kier molecular flexibility index (Phi) is 4.85. The van der Waals surface area contributed by atoms with Crippen LogP contribution in [0, 0.1) is 5.41 Å². The van der Waals surface area contributed by atoms with Gasteiger partial charge in [-0.15, -0.1) is 0 Å². The van der Waals surface area contributed by atoms with Crippen molar-refractivity contribution >= 4 is 0 Å². The summed E-state index contributed by atoms with van der Waals surface area (Å²) in [6, 6.07) is 0. The molecule has 0 aromatic carbocycles. The first kappa shape index (κ1) is 12.0. The van der Waals surface area contributed by atoms with Crippen molar-refractivity contribution in [2.45, 2.75) is 32.3 Å². The van der Waals surface area contributed by atoms with Crippen molar-refractivity contribution in [3.63, 3.8) is 0 Å². The highest BCUT2D eigenvalue weighted by Crippen LogP contribution is 2.35. The molecule has 1 saturated heterocycles. The Balaban J connectivity index is 2.50. The van der Waals surface area contributed by atoms with Gasteiger partial charge in [0.2, 0.25) is 0 Å². The lowest BCUT2D eigenvalue weighted by atomic mass is 9.76. The molecule has 84 valence electrons. The molecule has 3 heteroatoms. The quantitative estimate of drug-likeness (QED) is 0.730. The lowest BCUT2D eigenvalue weighted by Gasteiger charge is -2.38. The van der Waals surface area contributed by atoms with Crippen LogP contribution in [0.4, 0.5) is 0 Å². The summed E-state index contributed by atoms with van der Waals surface area (Å²) in [5.74, 6) is 0. The van der Waals surface area contributed by atoms with Crippen LogP contribution >= 0.6 is 0 Å². The molecule has 0 spiro atoms. The molecule has 1 aliphatic heterocycles. The van der Waals surface area contributed by atoms with Gasteiger partial charge in [-0.05, 0) is 38.6 Å². The average molecular weight is 201 g/mol. The van der Waals surface area contributed by atoms with Crippen LogP contribution in [0.1, 0.15) is 26.2 Å². The molecule has 0 amide bonds. The number of nitrogens with one attached hydrogen (secondary N) is 1. The topological polar surface area (TPSA) is 30.5 Å². The summed E-state index contributed by atoms with van der Waals surface area (Å²) in [7, 11) is 3.81. The summed E-state index contributed by atoms with van der Waals surface area (Å²) < 4.78 is 10.8. The van der Waals surface area contributed by atoms with E-state index in [0.717, 1.165) is 39.0 Å². The SMILES string of the molecule is CNCC1(CC(C)OC)CCOCC1. The predicted octanol–water partition coefficient (Wildman–Crippen LogP) is 1.43. The lowest BCUT2D eigenvalue weighted by Crippen LogP contribution is -2.40. The Labute approximate surface area is 87.2 Å². The molecule has 1 rings (SSSR count). The standard InChI is InChI=1S/C11H23NO2/c1-10(13-3)8-11(9-12-2)4-6-14-7-5-11/h10,12H,4-9H2,1-3H3. The van der Waals surface area contributed by atoms with E-state index >= 15 is 0 Å².